The zero-order valence-corrected chi connectivity index (χ0v) is 15.4. The number of hydrogen-bond acceptors (Lipinski definition) is 4. The normalized spacial score (nSPS) is 18.8. The summed E-state index contributed by atoms with van der Waals surface area (Å²) in [4.78, 5) is 18.6. The van der Waals surface area contributed by atoms with E-state index in [1.54, 1.807) is 24.2 Å². The minimum absolute atomic E-state index is 0.137. The molecule has 1 aromatic carbocycles. The van der Waals surface area contributed by atoms with Crippen LogP contribution in [-0.4, -0.2) is 40.7 Å². The molecule has 1 amide bonds. The van der Waals surface area contributed by atoms with Crippen LogP contribution in [0.25, 0.3) is 0 Å². The van der Waals surface area contributed by atoms with Crippen LogP contribution in [0.15, 0.2) is 54.9 Å². The van der Waals surface area contributed by atoms with E-state index in [2.05, 4.69) is 46.4 Å². The SMILES string of the molecule is C[C@@H](c1ccccc1)N1CC[C@@H](NC(=O)CSCc2ccncc2)C1. The van der Waals surface area contributed by atoms with Gasteiger partial charge in [0.1, 0.15) is 0 Å². The third kappa shape index (κ3) is 5.31. The highest BCUT2D eigenvalue weighted by molar-refractivity contribution is 7.99. The molecule has 2 aromatic rings. The Morgan fingerprint density at radius 2 is 2.04 bits per heavy atom. The van der Waals surface area contributed by atoms with Crippen molar-refractivity contribution in [3.8, 4) is 0 Å². The second-order valence-electron chi connectivity index (χ2n) is 6.48. The lowest BCUT2D eigenvalue weighted by Crippen LogP contribution is -2.38. The maximum absolute atomic E-state index is 12.2. The van der Waals surface area contributed by atoms with Crippen LogP contribution in [0.3, 0.4) is 0 Å². The number of rotatable bonds is 7. The molecular formula is C20H25N3OS. The van der Waals surface area contributed by atoms with Crippen LogP contribution in [0.5, 0.6) is 0 Å². The molecule has 1 saturated heterocycles. The zero-order chi connectivity index (χ0) is 17.5. The molecule has 132 valence electrons. The minimum atomic E-state index is 0.137. The van der Waals surface area contributed by atoms with Gasteiger partial charge in [-0.25, -0.2) is 0 Å². The van der Waals surface area contributed by atoms with Gasteiger partial charge in [0.15, 0.2) is 0 Å². The Hall–Kier alpha value is -1.85. The van der Waals surface area contributed by atoms with Crippen LogP contribution in [0, 0.1) is 0 Å². The number of nitrogens with one attached hydrogen (secondary N) is 1. The molecule has 1 N–H and O–H groups in total. The average molecular weight is 356 g/mol. The molecule has 0 spiro atoms. The number of carbonyl (C=O) groups is 1. The molecule has 25 heavy (non-hydrogen) atoms. The average Bonchev–Trinajstić information content (AvgIpc) is 3.11. The summed E-state index contributed by atoms with van der Waals surface area (Å²) in [7, 11) is 0. The summed E-state index contributed by atoms with van der Waals surface area (Å²) in [5, 5.41) is 3.19. The van der Waals surface area contributed by atoms with Crippen molar-refractivity contribution in [3.05, 3.63) is 66.0 Å². The highest BCUT2D eigenvalue weighted by Gasteiger charge is 2.27. The van der Waals surface area contributed by atoms with Crippen LogP contribution in [-0.2, 0) is 10.5 Å². The molecule has 1 aliphatic heterocycles. The number of thioether (sulfide) groups is 1. The van der Waals surface area contributed by atoms with Gasteiger partial charge in [0.25, 0.3) is 0 Å². The summed E-state index contributed by atoms with van der Waals surface area (Å²) in [6.45, 7) is 4.20. The second-order valence-corrected chi connectivity index (χ2v) is 7.47. The maximum Gasteiger partial charge on any atom is 0.230 e. The minimum Gasteiger partial charge on any atom is -0.351 e. The van der Waals surface area contributed by atoms with Crippen molar-refractivity contribution >= 4 is 17.7 Å². The van der Waals surface area contributed by atoms with Crippen LogP contribution in [0.4, 0.5) is 0 Å². The van der Waals surface area contributed by atoms with Gasteiger partial charge in [-0.1, -0.05) is 30.3 Å². The van der Waals surface area contributed by atoms with E-state index in [4.69, 9.17) is 0 Å². The van der Waals surface area contributed by atoms with Gasteiger partial charge in [0.05, 0.1) is 5.75 Å². The van der Waals surface area contributed by atoms with Crippen molar-refractivity contribution in [1.29, 1.82) is 0 Å². The van der Waals surface area contributed by atoms with Gasteiger partial charge in [0.2, 0.25) is 5.91 Å². The van der Waals surface area contributed by atoms with Crippen LogP contribution in [0.2, 0.25) is 0 Å². The standard InChI is InChI=1S/C20H25N3OS/c1-16(18-5-3-2-4-6-18)23-12-9-19(13-23)22-20(24)15-25-14-17-7-10-21-11-8-17/h2-8,10-11,16,19H,9,12-15H2,1H3,(H,22,24)/t16-,19+/m0/s1. The molecule has 1 aliphatic rings. The van der Waals surface area contributed by atoms with Crippen molar-refractivity contribution in [2.45, 2.75) is 31.2 Å². The summed E-state index contributed by atoms with van der Waals surface area (Å²) in [5.74, 6) is 1.49. The molecule has 4 nitrogen and oxygen atoms in total. The van der Waals surface area contributed by atoms with E-state index < -0.39 is 0 Å². The fraction of sp³-hybridized carbons (Fsp3) is 0.400. The first-order valence-electron chi connectivity index (χ1n) is 8.77. The molecule has 5 heteroatoms. The van der Waals surface area contributed by atoms with E-state index in [-0.39, 0.29) is 11.9 Å². The Morgan fingerprint density at radius 1 is 1.28 bits per heavy atom. The maximum atomic E-state index is 12.2. The first-order chi connectivity index (χ1) is 12.2. The molecule has 0 bridgehead atoms. The van der Waals surface area contributed by atoms with E-state index in [0.717, 1.165) is 25.3 Å². The van der Waals surface area contributed by atoms with Crippen molar-refractivity contribution < 1.29 is 4.79 Å². The Labute approximate surface area is 154 Å². The molecule has 1 fully saturated rings. The predicted molar refractivity (Wildman–Crippen MR) is 103 cm³/mol. The van der Waals surface area contributed by atoms with Crippen molar-refractivity contribution in [2.75, 3.05) is 18.8 Å². The van der Waals surface area contributed by atoms with Gasteiger partial charge >= 0.3 is 0 Å². The summed E-state index contributed by atoms with van der Waals surface area (Å²) >= 11 is 1.65. The molecule has 0 aliphatic carbocycles. The van der Waals surface area contributed by atoms with Gasteiger partial charge in [-0.15, -0.1) is 11.8 Å². The largest absolute Gasteiger partial charge is 0.351 e. The molecule has 0 radical (unpaired) electrons. The number of amides is 1. The predicted octanol–water partition coefficient (Wildman–Crippen LogP) is 3.27. The van der Waals surface area contributed by atoms with E-state index in [9.17, 15) is 4.79 Å². The number of pyridine rings is 1. The second kappa shape index (κ2) is 9.02. The van der Waals surface area contributed by atoms with E-state index >= 15 is 0 Å². The number of benzene rings is 1. The van der Waals surface area contributed by atoms with Gasteiger partial charge in [0, 0.05) is 43.3 Å². The van der Waals surface area contributed by atoms with Gasteiger partial charge in [-0.05, 0) is 36.6 Å². The molecule has 2 atom stereocenters. The molecule has 0 saturated carbocycles. The third-order valence-corrected chi connectivity index (χ3v) is 5.67. The summed E-state index contributed by atoms with van der Waals surface area (Å²) in [6.07, 6.45) is 4.60. The molecule has 3 rings (SSSR count). The van der Waals surface area contributed by atoms with E-state index in [1.165, 1.54) is 11.1 Å². The van der Waals surface area contributed by atoms with Crippen molar-refractivity contribution in [2.24, 2.45) is 0 Å². The van der Waals surface area contributed by atoms with Gasteiger partial charge in [-0.2, -0.15) is 0 Å². The topological polar surface area (TPSA) is 45.2 Å². The Balaban J connectivity index is 1.39. The van der Waals surface area contributed by atoms with Crippen LogP contribution >= 0.6 is 11.8 Å². The smallest absolute Gasteiger partial charge is 0.230 e. The van der Waals surface area contributed by atoms with Crippen molar-refractivity contribution in [1.82, 2.24) is 15.2 Å². The Morgan fingerprint density at radius 3 is 2.80 bits per heavy atom. The lowest BCUT2D eigenvalue weighted by atomic mass is 10.1. The first kappa shape index (κ1) is 18.0. The van der Waals surface area contributed by atoms with E-state index in [1.807, 2.05) is 18.2 Å². The lowest BCUT2D eigenvalue weighted by molar-refractivity contribution is -0.119. The summed E-state index contributed by atoms with van der Waals surface area (Å²) in [5.41, 5.74) is 2.54. The fourth-order valence-corrected chi connectivity index (χ4v) is 4.01. The molecule has 1 aromatic heterocycles. The molecular weight excluding hydrogens is 330 g/mol. The number of carbonyl (C=O) groups excluding carboxylic acids is 1. The number of hydrogen-bond donors (Lipinski definition) is 1. The summed E-state index contributed by atoms with van der Waals surface area (Å²) < 4.78 is 0. The number of aromatic nitrogens is 1. The fourth-order valence-electron chi connectivity index (χ4n) is 3.21. The zero-order valence-electron chi connectivity index (χ0n) is 14.6. The molecule has 0 unspecified atom stereocenters. The number of nitrogens with zero attached hydrogens (tertiary/aromatic N) is 2. The lowest BCUT2D eigenvalue weighted by Gasteiger charge is -2.24. The van der Waals surface area contributed by atoms with Gasteiger partial charge < -0.3 is 5.32 Å². The van der Waals surface area contributed by atoms with E-state index in [0.29, 0.717) is 11.8 Å². The monoisotopic (exact) mass is 355 g/mol. The first-order valence-corrected chi connectivity index (χ1v) is 9.93. The summed E-state index contributed by atoms with van der Waals surface area (Å²) in [6, 6.07) is 15.2. The highest BCUT2D eigenvalue weighted by Crippen LogP contribution is 2.24. The van der Waals surface area contributed by atoms with Crippen molar-refractivity contribution in [3.63, 3.8) is 0 Å². The Kier molecular flexibility index (Phi) is 6.48. The Bertz CT molecular complexity index is 665. The highest BCUT2D eigenvalue weighted by atomic mass is 32.2. The van der Waals surface area contributed by atoms with Gasteiger partial charge in [-0.3, -0.25) is 14.7 Å². The number of likely N-dealkylation sites (tertiary alicyclic amines) is 1. The quantitative estimate of drug-likeness (QED) is 0.828. The third-order valence-electron chi connectivity index (χ3n) is 4.67. The van der Waals surface area contributed by atoms with Crippen LogP contribution < -0.4 is 5.32 Å². The molecule has 2 heterocycles. The van der Waals surface area contributed by atoms with Crippen LogP contribution in [0.1, 0.15) is 30.5 Å².